The normalized spacial score (nSPS) is 15.0. The Morgan fingerprint density at radius 3 is 1.49 bits per heavy atom. The average molecular weight is 930 g/mol. The Morgan fingerprint density at radius 1 is 0.310 bits per heavy atom. The number of sulfone groups is 1. The molecule has 71 heavy (non-hydrogen) atoms. The molecule has 1 spiro atoms. The van der Waals surface area contributed by atoms with E-state index in [4.69, 9.17) is 19.4 Å². The van der Waals surface area contributed by atoms with Gasteiger partial charge in [-0.25, -0.2) is 23.4 Å². The van der Waals surface area contributed by atoms with Crippen molar-refractivity contribution in [3.63, 3.8) is 0 Å². The lowest BCUT2D eigenvalue weighted by Crippen LogP contribution is -2.38. The number of hydrogen-bond acceptors (Lipinski definition) is 6. The van der Waals surface area contributed by atoms with Crippen molar-refractivity contribution in [3.8, 4) is 78.7 Å². The molecule has 0 bridgehead atoms. The molecule has 0 fully saturated rings. The minimum atomic E-state index is -4.06. The van der Waals surface area contributed by atoms with Crippen LogP contribution in [0.4, 0.5) is 0 Å². The quantitative estimate of drug-likeness (QED) is 0.171. The minimum Gasteiger partial charge on any atom is -0.456 e. The third kappa shape index (κ3) is 6.26. The van der Waals surface area contributed by atoms with Gasteiger partial charge in [-0.15, -0.1) is 0 Å². The second kappa shape index (κ2) is 15.8. The van der Waals surface area contributed by atoms with Crippen LogP contribution in [-0.4, -0.2) is 23.4 Å². The summed E-state index contributed by atoms with van der Waals surface area (Å²) in [5.74, 6) is 1.54. The number of hydrogen-bond donors (Lipinski definition) is 0. The first kappa shape index (κ1) is 41.0. The van der Waals surface area contributed by atoms with E-state index in [0.717, 1.165) is 83.1 Å². The summed E-state index contributed by atoms with van der Waals surface area (Å²) in [7, 11) is -4.06. The summed E-state index contributed by atoms with van der Waals surface area (Å²) in [6, 6.07) is 79.8. The highest BCUT2D eigenvalue weighted by Gasteiger charge is 2.52. The van der Waals surface area contributed by atoms with Crippen molar-refractivity contribution in [2.24, 2.45) is 0 Å². The van der Waals surface area contributed by atoms with Gasteiger partial charge in [-0.2, -0.15) is 0 Å². The molecule has 1 unspecified atom stereocenters. The summed E-state index contributed by atoms with van der Waals surface area (Å²) in [6.45, 7) is 0. The SMILES string of the molecule is O=S1(=O)c2ccccc2C2(c3ccccc3-c3ccccc3-c3ccc(-c4nc(-c5ccccc5)nc(-c5cc(-c6ccccc6)cc(-c6ccccc6)c5)n4)cc32)c2cc3oc4ccccc4c3cc21. The van der Waals surface area contributed by atoms with E-state index in [1.807, 2.05) is 97.1 Å². The van der Waals surface area contributed by atoms with Crippen molar-refractivity contribution in [2.45, 2.75) is 15.2 Å². The van der Waals surface area contributed by atoms with Crippen LogP contribution in [0.2, 0.25) is 0 Å². The van der Waals surface area contributed by atoms with Crippen LogP contribution in [0, 0.1) is 0 Å². The summed E-state index contributed by atoms with van der Waals surface area (Å²) in [5, 5.41) is 1.60. The molecule has 0 amide bonds. The standard InChI is InChI=1S/C64H39N3O3S/c68-71(69)59-31-17-15-29-54(59)64(56-39-58-52(38-60(56)71)51-27-13-16-30-57(51)70-58)53-28-14-12-26-49(53)47-24-10-11-25-48(47)50-33-32-43(37-55(50)64)62-65-61(42-22-8-3-9-23-42)66-63(67-62)46-35-44(40-18-4-1-5-19-40)34-45(36-46)41-20-6-2-7-21-41/h1-39H. The predicted octanol–water partition coefficient (Wildman–Crippen LogP) is 15.3. The van der Waals surface area contributed by atoms with E-state index in [1.165, 1.54) is 0 Å². The smallest absolute Gasteiger partial charge is 0.207 e. The predicted molar refractivity (Wildman–Crippen MR) is 282 cm³/mol. The van der Waals surface area contributed by atoms with Crippen molar-refractivity contribution in [3.05, 3.63) is 259 Å². The maximum atomic E-state index is 15.4. The molecule has 6 nitrogen and oxygen atoms in total. The van der Waals surface area contributed by atoms with E-state index in [9.17, 15) is 0 Å². The van der Waals surface area contributed by atoms with Crippen LogP contribution in [0.1, 0.15) is 22.3 Å². The number of rotatable bonds is 5. The highest BCUT2D eigenvalue weighted by atomic mass is 32.2. The first-order valence-corrected chi connectivity index (χ1v) is 25.1. The van der Waals surface area contributed by atoms with Gasteiger partial charge in [0.05, 0.1) is 15.2 Å². The van der Waals surface area contributed by atoms with Gasteiger partial charge in [0, 0.05) is 27.5 Å². The molecule has 1 atom stereocenters. The molecule has 10 aromatic carbocycles. The molecule has 14 rings (SSSR count). The second-order valence-corrected chi connectivity index (χ2v) is 20.1. The van der Waals surface area contributed by atoms with E-state index < -0.39 is 15.3 Å². The molecule has 1 aliphatic heterocycles. The van der Waals surface area contributed by atoms with Crippen molar-refractivity contribution >= 4 is 31.8 Å². The molecule has 0 radical (unpaired) electrons. The lowest BCUT2D eigenvalue weighted by Gasteiger charge is -2.42. The Balaban J connectivity index is 1.09. The number of aromatic nitrogens is 3. The van der Waals surface area contributed by atoms with Crippen molar-refractivity contribution in [2.75, 3.05) is 0 Å². The molecule has 0 saturated heterocycles. The lowest BCUT2D eigenvalue weighted by atomic mass is 9.63. The fourth-order valence-electron chi connectivity index (χ4n) is 11.2. The number of furan rings is 1. The van der Waals surface area contributed by atoms with Gasteiger partial charge in [-0.05, 0) is 115 Å². The van der Waals surface area contributed by atoms with E-state index in [1.54, 1.807) is 6.07 Å². The fourth-order valence-corrected chi connectivity index (χ4v) is 13.0. The zero-order valence-corrected chi connectivity index (χ0v) is 38.8. The summed E-state index contributed by atoms with van der Waals surface area (Å²) in [5.41, 5.74) is 14.0. The molecule has 12 aromatic rings. The zero-order valence-electron chi connectivity index (χ0n) is 38.0. The van der Waals surface area contributed by atoms with Crippen molar-refractivity contribution in [1.29, 1.82) is 0 Å². The third-order valence-electron chi connectivity index (χ3n) is 14.3. The molecule has 7 heteroatoms. The van der Waals surface area contributed by atoms with Gasteiger partial charge < -0.3 is 4.42 Å². The van der Waals surface area contributed by atoms with Gasteiger partial charge in [-0.3, -0.25) is 0 Å². The fraction of sp³-hybridized carbons (Fsp3) is 0.0156. The van der Waals surface area contributed by atoms with Gasteiger partial charge >= 0.3 is 0 Å². The van der Waals surface area contributed by atoms with Gasteiger partial charge in [-0.1, -0.05) is 188 Å². The maximum absolute atomic E-state index is 15.4. The van der Waals surface area contributed by atoms with E-state index >= 15 is 8.42 Å². The first-order chi connectivity index (χ1) is 34.9. The topological polar surface area (TPSA) is 86.0 Å². The second-order valence-electron chi connectivity index (χ2n) is 18.2. The van der Waals surface area contributed by atoms with Crippen LogP contribution in [-0.2, 0) is 15.3 Å². The van der Waals surface area contributed by atoms with Gasteiger partial charge in [0.2, 0.25) is 9.84 Å². The molecule has 334 valence electrons. The van der Waals surface area contributed by atoms with E-state index in [2.05, 4.69) is 133 Å². The zero-order chi connectivity index (χ0) is 47.3. The molecule has 0 N–H and O–H groups in total. The minimum absolute atomic E-state index is 0.244. The first-order valence-electron chi connectivity index (χ1n) is 23.7. The van der Waals surface area contributed by atoms with Crippen LogP contribution in [0.15, 0.2) is 251 Å². The molecular formula is C64H39N3O3S. The molecule has 0 saturated carbocycles. The molecule has 1 aliphatic carbocycles. The monoisotopic (exact) mass is 929 g/mol. The van der Waals surface area contributed by atoms with Gasteiger partial charge in [0.15, 0.2) is 17.5 Å². The van der Waals surface area contributed by atoms with Gasteiger partial charge in [0.25, 0.3) is 0 Å². The number of fused-ring (bicyclic) bond motifs is 14. The molecule has 2 aliphatic rings. The van der Waals surface area contributed by atoms with Gasteiger partial charge in [0.1, 0.15) is 11.2 Å². The van der Waals surface area contributed by atoms with Crippen LogP contribution < -0.4 is 0 Å². The van der Waals surface area contributed by atoms with Crippen molar-refractivity contribution in [1.82, 2.24) is 15.0 Å². The molecular weight excluding hydrogens is 891 g/mol. The summed E-state index contributed by atoms with van der Waals surface area (Å²) >= 11 is 0. The van der Waals surface area contributed by atoms with E-state index in [0.29, 0.717) is 39.8 Å². The largest absolute Gasteiger partial charge is 0.456 e. The maximum Gasteiger partial charge on any atom is 0.207 e. The Hall–Kier alpha value is -9.04. The lowest BCUT2D eigenvalue weighted by molar-refractivity contribution is 0.579. The van der Waals surface area contributed by atoms with Crippen LogP contribution >= 0.6 is 0 Å². The third-order valence-corrected chi connectivity index (χ3v) is 16.2. The Labute approximate surface area is 410 Å². The highest BCUT2D eigenvalue weighted by molar-refractivity contribution is 7.91. The Kier molecular flexibility index (Phi) is 9.09. The van der Waals surface area contributed by atoms with Crippen LogP contribution in [0.5, 0.6) is 0 Å². The molecule has 3 heterocycles. The number of para-hydroxylation sites is 1. The summed E-state index contributed by atoms with van der Waals surface area (Å²) in [6.07, 6.45) is 0. The van der Waals surface area contributed by atoms with Crippen molar-refractivity contribution < 1.29 is 12.8 Å². The average Bonchev–Trinajstić information content (AvgIpc) is 3.77. The van der Waals surface area contributed by atoms with Crippen LogP contribution in [0.25, 0.3) is 101 Å². The number of benzene rings is 10. The highest BCUT2D eigenvalue weighted by Crippen LogP contribution is 2.60. The Bertz CT molecular complexity index is 4190. The molecule has 2 aromatic heterocycles. The number of nitrogens with zero attached hydrogens (tertiary/aromatic N) is 3. The Morgan fingerprint density at radius 2 is 0.817 bits per heavy atom. The summed E-state index contributed by atoms with van der Waals surface area (Å²) in [4.78, 5) is 16.4. The van der Waals surface area contributed by atoms with Crippen LogP contribution in [0.3, 0.4) is 0 Å². The van der Waals surface area contributed by atoms with E-state index in [-0.39, 0.29) is 9.79 Å². The summed E-state index contributed by atoms with van der Waals surface area (Å²) < 4.78 is 37.3.